The van der Waals surface area contributed by atoms with E-state index >= 15 is 0 Å². The first-order chi connectivity index (χ1) is 9.49. The summed E-state index contributed by atoms with van der Waals surface area (Å²) >= 11 is 1.79. The first-order valence-corrected chi connectivity index (χ1v) is 8.79. The molecule has 2 rings (SSSR count). The second-order valence-electron chi connectivity index (χ2n) is 6.37. The van der Waals surface area contributed by atoms with Crippen molar-refractivity contribution in [3.8, 4) is 0 Å². The summed E-state index contributed by atoms with van der Waals surface area (Å²) in [5.74, 6) is 0.458. The van der Waals surface area contributed by atoms with Crippen molar-refractivity contribution in [2.45, 2.75) is 43.6 Å². The van der Waals surface area contributed by atoms with Crippen LogP contribution >= 0.6 is 11.8 Å². The Morgan fingerprint density at radius 1 is 1.20 bits per heavy atom. The highest BCUT2D eigenvalue weighted by Crippen LogP contribution is 2.27. The highest BCUT2D eigenvalue weighted by atomic mass is 32.2. The van der Waals surface area contributed by atoms with Crippen molar-refractivity contribution in [3.63, 3.8) is 0 Å². The van der Waals surface area contributed by atoms with E-state index in [1.54, 1.807) is 11.8 Å². The van der Waals surface area contributed by atoms with Crippen molar-refractivity contribution in [3.05, 3.63) is 29.8 Å². The largest absolute Gasteiger partial charge is 0.390 e. The Balaban J connectivity index is 1.75. The smallest absolute Gasteiger partial charge is 0.0620 e. The molecule has 112 valence electrons. The number of benzene rings is 1. The zero-order valence-corrected chi connectivity index (χ0v) is 13.7. The normalized spacial score (nSPS) is 18.4. The molecule has 2 nitrogen and oxygen atoms in total. The van der Waals surface area contributed by atoms with Gasteiger partial charge in [-0.15, -0.1) is 11.8 Å². The molecular weight excluding hydrogens is 266 g/mol. The van der Waals surface area contributed by atoms with Crippen LogP contribution in [0.2, 0.25) is 0 Å². The molecule has 1 N–H and O–H groups in total. The minimum absolute atomic E-state index is 0.458. The summed E-state index contributed by atoms with van der Waals surface area (Å²) in [6.07, 6.45) is 5.48. The van der Waals surface area contributed by atoms with Crippen molar-refractivity contribution in [2.24, 2.45) is 5.92 Å². The Labute approximate surface area is 127 Å². The van der Waals surface area contributed by atoms with Gasteiger partial charge in [-0.2, -0.15) is 0 Å². The maximum absolute atomic E-state index is 10.1. The summed E-state index contributed by atoms with van der Waals surface area (Å²) in [6, 6.07) is 8.91. The maximum atomic E-state index is 10.1. The highest BCUT2D eigenvalue weighted by molar-refractivity contribution is 7.98. The number of hydrogen-bond acceptors (Lipinski definition) is 3. The van der Waals surface area contributed by atoms with E-state index < -0.39 is 5.60 Å². The monoisotopic (exact) mass is 293 g/mol. The lowest BCUT2D eigenvalue weighted by molar-refractivity contribution is -0.0123. The first kappa shape index (κ1) is 15.9. The average molecular weight is 293 g/mol. The van der Waals surface area contributed by atoms with Gasteiger partial charge in [-0.1, -0.05) is 12.1 Å². The van der Waals surface area contributed by atoms with Gasteiger partial charge in [0, 0.05) is 11.4 Å². The molecule has 1 saturated heterocycles. The van der Waals surface area contributed by atoms with Crippen molar-refractivity contribution in [1.82, 2.24) is 4.90 Å². The number of piperidine rings is 1. The quantitative estimate of drug-likeness (QED) is 0.841. The van der Waals surface area contributed by atoms with Crippen LogP contribution in [0.25, 0.3) is 0 Å². The van der Waals surface area contributed by atoms with Gasteiger partial charge >= 0.3 is 0 Å². The third-order valence-electron chi connectivity index (χ3n) is 4.46. The van der Waals surface area contributed by atoms with Crippen molar-refractivity contribution >= 4 is 11.8 Å². The second kappa shape index (κ2) is 6.97. The summed E-state index contributed by atoms with van der Waals surface area (Å²) < 4.78 is 0. The number of nitrogens with zero attached hydrogens (tertiary/aromatic N) is 1. The second-order valence-corrected chi connectivity index (χ2v) is 7.25. The molecule has 0 unspecified atom stereocenters. The molecule has 0 aromatic heterocycles. The molecule has 3 heteroatoms. The van der Waals surface area contributed by atoms with Gasteiger partial charge in [0.15, 0.2) is 0 Å². The summed E-state index contributed by atoms with van der Waals surface area (Å²) in [5, 5.41) is 10.1. The lowest BCUT2D eigenvalue weighted by atomic mass is 9.83. The van der Waals surface area contributed by atoms with Gasteiger partial charge in [0.25, 0.3) is 0 Å². The molecule has 20 heavy (non-hydrogen) atoms. The Hall–Kier alpha value is -0.510. The fourth-order valence-electron chi connectivity index (χ4n) is 2.94. The van der Waals surface area contributed by atoms with E-state index in [9.17, 15) is 5.11 Å². The van der Waals surface area contributed by atoms with Crippen LogP contribution in [0.3, 0.4) is 0 Å². The number of hydrogen-bond donors (Lipinski definition) is 1. The van der Waals surface area contributed by atoms with E-state index in [0.717, 1.165) is 38.9 Å². The first-order valence-electron chi connectivity index (χ1n) is 7.56. The van der Waals surface area contributed by atoms with Crippen molar-refractivity contribution in [2.75, 3.05) is 25.9 Å². The van der Waals surface area contributed by atoms with Crippen LogP contribution in [0, 0.1) is 5.92 Å². The van der Waals surface area contributed by atoms with Crippen molar-refractivity contribution < 1.29 is 5.11 Å². The SMILES string of the molecule is CSc1ccc(CCN2CCC(C(C)(C)O)CC2)cc1. The molecule has 0 aliphatic carbocycles. The predicted molar refractivity (Wildman–Crippen MR) is 87.4 cm³/mol. The molecule has 1 aliphatic heterocycles. The number of thioether (sulfide) groups is 1. The van der Waals surface area contributed by atoms with Crippen LogP contribution in [-0.4, -0.2) is 41.5 Å². The number of rotatable bonds is 5. The van der Waals surface area contributed by atoms with E-state index in [4.69, 9.17) is 0 Å². The highest BCUT2D eigenvalue weighted by Gasteiger charge is 2.30. The molecule has 1 aromatic carbocycles. The summed E-state index contributed by atoms with van der Waals surface area (Å²) in [7, 11) is 0. The topological polar surface area (TPSA) is 23.5 Å². The molecule has 0 saturated carbocycles. The van der Waals surface area contributed by atoms with Gasteiger partial charge in [0.1, 0.15) is 0 Å². The fraction of sp³-hybridized carbons (Fsp3) is 0.647. The average Bonchev–Trinajstić information content (AvgIpc) is 2.45. The van der Waals surface area contributed by atoms with E-state index in [-0.39, 0.29) is 0 Å². The Morgan fingerprint density at radius 2 is 1.80 bits per heavy atom. The Morgan fingerprint density at radius 3 is 2.30 bits per heavy atom. The van der Waals surface area contributed by atoms with Gasteiger partial charge in [0.05, 0.1) is 5.60 Å². The fourth-order valence-corrected chi connectivity index (χ4v) is 3.35. The lowest BCUT2D eigenvalue weighted by Crippen LogP contribution is -2.42. The molecular formula is C17H27NOS. The van der Waals surface area contributed by atoms with Crippen LogP contribution in [0.5, 0.6) is 0 Å². The predicted octanol–water partition coefficient (Wildman–Crippen LogP) is 3.43. The van der Waals surface area contributed by atoms with E-state index in [1.165, 1.54) is 10.5 Å². The van der Waals surface area contributed by atoms with E-state index in [1.807, 2.05) is 13.8 Å². The number of likely N-dealkylation sites (tertiary alicyclic amines) is 1. The summed E-state index contributed by atoms with van der Waals surface area (Å²) in [6.45, 7) is 7.27. The van der Waals surface area contributed by atoms with Crippen LogP contribution in [0.4, 0.5) is 0 Å². The third-order valence-corrected chi connectivity index (χ3v) is 5.21. The standard InChI is InChI=1S/C17H27NOS/c1-17(2,19)15-9-12-18(13-10-15)11-8-14-4-6-16(20-3)7-5-14/h4-7,15,19H,8-13H2,1-3H3. The van der Waals surface area contributed by atoms with Crippen LogP contribution in [0.1, 0.15) is 32.3 Å². The van der Waals surface area contributed by atoms with Gasteiger partial charge < -0.3 is 10.0 Å². The Bertz CT molecular complexity index is 402. The molecule has 0 atom stereocenters. The Kier molecular flexibility index (Phi) is 5.53. The van der Waals surface area contributed by atoms with Gasteiger partial charge in [0.2, 0.25) is 0 Å². The van der Waals surface area contributed by atoms with Crippen molar-refractivity contribution in [1.29, 1.82) is 0 Å². The van der Waals surface area contributed by atoms with Crippen LogP contribution in [-0.2, 0) is 6.42 Å². The molecule has 0 bridgehead atoms. The van der Waals surface area contributed by atoms with E-state index in [0.29, 0.717) is 5.92 Å². The minimum Gasteiger partial charge on any atom is -0.390 e. The molecule has 0 radical (unpaired) electrons. The van der Waals surface area contributed by atoms with Gasteiger partial charge in [-0.05, 0) is 76.1 Å². The molecule has 1 heterocycles. The molecule has 0 spiro atoms. The van der Waals surface area contributed by atoms with Crippen LogP contribution < -0.4 is 0 Å². The molecule has 1 aliphatic rings. The van der Waals surface area contributed by atoms with Gasteiger partial charge in [-0.25, -0.2) is 0 Å². The summed E-state index contributed by atoms with van der Waals surface area (Å²) in [5.41, 5.74) is 0.909. The lowest BCUT2D eigenvalue weighted by Gasteiger charge is -2.37. The third kappa shape index (κ3) is 4.51. The summed E-state index contributed by atoms with van der Waals surface area (Å²) in [4.78, 5) is 3.87. The number of aliphatic hydroxyl groups is 1. The maximum Gasteiger partial charge on any atom is 0.0620 e. The molecule has 0 amide bonds. The zero-order valence-electron chi connectivity index (χ0n) is 12.9. The van der Waals surface area contributed by atoms with Crippen LogP contribution in [0.15, 0.2) is 29.2 Å². The molecule has 1 aromatic rings. The minimum atomic E-state index is -0.514. The zero-order chi connectivity index (χ0) is 14.6. The van der Waals surface area contributed by atoms with Gasteiger partial charge in [-0.3, -0.25) is 0 Å². The molecule has 1 fully saturated rings. The van der Waals surface area contributed by atoms with E-state index in [2.05, 4.69) is 35.4 Å².